The summed E-state index contributed by atoms with van der Waals surface area (Å²) in [6.45, 7) is 1.03. The molecule has 0 bridgehead atoms. The van der Waals surface area contributed by atoms with Gasteiger partial charge >= 0.3 is 6.36 Å². The van der Waals surface area contributed by atoms with Crippen LogP contribution >= 0.6 is 0 Å². The molecule has 1 aliphatic heterocycles. The number of hydrogen-bond acceptors (Lipinski definition) is 5. The second-order valence-corrected chi connectivity index (χ2v) is 7.68. The number of hydrogen-bond donors (Lipinski definition) is 1. The van der Waals surface area contributed by atoms with E-state index in [2.05, 4.69) is 9.46 Å². The van der Waals surface area contributed by atoms with Crippen LogP contribution in [0.5, 0.6) is 5.75 Å². The highest BCUT2D eigenvalue weighted by Crippen LogP contribution is 2.28. The van der Waals surface area contributed by atoms with Crippen LogP contribution in [-0.2, 0) is 19.5 Å². The molecule has 6 nitrogen and oxygen atoms in total. The van der Waals surface area contributed by atoms with Crippen molar-refractivity contribution >= 4 is 10.0 Å². The zero-order valence-corrected chi connectivity index (χ0v) is 14.0. The van der Waals surface area contributed by atoms with Crippen LogP contribution in [0, 0.1) is 0 Å². The van der Waals surface area contributed by atoms with Gasteiger partial charge in [-0.2, -0.15) is 0 Å². The van der Waals surface area contributed by atoms with Crippen molar-refractivity contribution in [2.75, 3.05) is 13.2 Å². The summed E-state index contributed by atoms with van der Waals surface area (Å²) in [6.07, 6.45) is -3.17. The number of ether oxygens (including phenoxy) is 3. The molecular weight excluding hydrogens is 363 g/mol. The predicted octanol–water partition coefficient (Wildman–Crippen LogP) is 2.20. The molecule has 3 rings (SSSR count). The molecule has 0 radical (unpaired) electrons. The van der Waals surface area contributed by atoms with Gasteiger partial charge in [-0.15, -0.1) is 13.2 Å². The molecule has 1 aromatic carbocycles. The number of fused-ring (bicyclic) bond motifs is 1. The van der Waals surface area contributed by atoms with Crippen molar-refractivity contribution in [1.82, 2.24) is 4.72 Å². The van der Waals surface area contributed by atoms with Gasteiger partial charge in [0.15, 0.2) is 0 Å². The van der Waals surface area contributed by atoms with Gasteiger partial charge in [-0.3, -0.25) is 0 Å². The average Bonchev–Trinajstić information content (AvgIpc) is 2.53. The molecular formula is C15H18F3NO5S. The summed E-state index contributed by atoms with van der Waals surface area (Å²) in [7, 11) is -3.84. The van der Waals surface area contributed by atoms with E-state index in [1.807, 2.05) is 0 Å². The maximum atomic E-state index is 12.4. The van der Waals surface area contributed by atoms with Gasteiger partial charge in [0.05, 0.1) is 30.3 Å². The van der Waals surface area contributed by atoms with E-state index in [1.54, 1.807) is 0 Å². The van der Waals surface area contributed by atoms with E-state index in [0.29, 0.717) is 32.5 Å². The zero-order chi connectivity index (χ0) is 18.1. The first-order valence-corrected chi connectivity index (χ1v) is 9.33. The largest absolute Gasteiger partial charge is 0.573 e. The summed E-state index contributed by atoms with van der Waals surface area (Å²) >= 11 is 0. The van der Waals surface area contributed by atoms with Crippen LogP contribution < -0.4 is 9.46 Å². The Labute approximate surface area is 143 Å². The number of alkyl halides is 3. The van der Waals surface area contributed by atoms with Crippen LogP contribution in [0.2, 0.25) is 0 Å². The summed E-state index contributed by atoms with van der Waals surface area (Å²) in [5.41, 5.74) is 0. The van der Waals surface area contributed by atoms with Crippen molar-refractivity contribution in [2.45, 2.75) is 48.8 Å². The van der Waals surface area contributed by atoms with E-state index in [-0.39, 0.29) is 23.1 Å². The number of benzene rings is 1. The zero-order valence-electron chi connectivity index (χ0n) is 13.2. The smallest absolute Gasteiger partial charge is 0.406 e. The van der Waals surface area contributed by atoms with Crippen molar-refractivity contribution in [3.05, 3.63) is 24.3 Å². The fourth-order valence-corrected chi connectivity index (χ4v) is 4.36. The molecule has 1 aromatic rings. The van der Waals surface area contributed by atoms with E-state index < -0.39 is 22.1 Å². The van der Waals surface area contributed by atoms with E-state index in [1.165, 1.54) is 0 Å². The lowest BCUT2D eigenvalue weighted by atomic mass is 9.90. The van der Waals surface area contributed by atoms with Crippen LogP contribution in [0.3, 0.4) is 0 Å². The second kappa shape index (κ2) is 7.10. The topological polar surface area (TPSA) is 73.9 Å². The SMILES string of the molecule is O=S(=O)(NC1CCC2OCCOC2C1)c1ccc(OC(F)(F)F)cc1. The van der Waals surface area contributed by atoms with Crippen LogP contribution in [-0.4, -0.2) is 46.2 Å². The summed E-state index contributed by atoms with van der Waals surface area (Å²) in [6, 6.07) is 3.79. The minimum Gasteiger partial charge on any atom is -0.406 e. The Morgan fingerprint density at radius 3 is 2.32 bits per heavy atom. The van der Waals surface area contributed by atoms with Gasteiger partial charge in [0.25, 0.3) is 0 Å². The highest BCUT2D eigenvalue weighted by molar-refractivity contribution is 7.89. The standard InChI is InChI=1S/C15H18F3NO5S/c16-15(17,18)24-11-2-4-12(5-3-11)25(20,21)19-10-1-6-13-14(9-10)23-8-7-22-13/h2-5,10,13-14,19H,1,6-9H2. The van der Waals surface area contributed by atoms with Crippen molar-refractivity contribution in [3.8, 4) is 5.75 Å². The summed E-state index contributed by atoms with van der Waals surface area (Å²) in [5.74, 6) is -0.472. The molecule has 10 heteroatoms. The molecule has 1 saturated carbocycles. The lowest BCUT2D eigenvalue weighted by Gasteiger charge is -2.38. The van der Waals surface area contributed by atoms with Crippen LogP contribution in [0.1, 0.15) is 19.3 Å². The molecule has 0 spiro atoms. The Hall–Kier alpha value is -1.36. The van der Waals surface area contributed by atoms with Crippen LogP contribution in [0.4, 0.5) is 13.2 Å². The third-order valence-corrected chi connectivity index (χ3v) is 5.70. The van der Waals surface area contributed by atoms with Gasteiger partial charge in [-0.1, -0.05) is 0 Å². The van der Waals surface area contributed by atoms with E-state index in [9.17, 15) is 21.6 Å². The maximum Gasteiger partial charge on any atom is 0.573 e. The quantitative estimate of drug-likeness (QED) is 0.866. The van der Waals surface area contributed by atoms with Crippen molar-refractivity contribution < 1.29 is 35.8 Å². The molecule has 0 amide bonds. The Morgan fingerprint density at radius 1 is 1.04 bits per heavy atom. The fourth-order valence-electron chi connectivity index (χ4n) is 3.08. The number of rotatable bonds is 4. The van der Waals surface area contributed by atoms with Crippen molar-refractivity contribution in [3.63, 3.8) is 0 Å². The highest BCUT2D eigenvalue weighted by atomic mass is 32.2. The van der Waals surface area contributed by atoms with E-state index in [4.69, 9.17) is 9.47 Å². The Bertz CT molecular complexity index is 692. The molecule has 2 aliphatic rings. The summed E-state index contributed by atoms with van der Waals surface area (Å²) in [4.78, 5) is -0.120. The highest BCUT2D eigenvalue weighted by Gasteiger charge is 2.36. The molecule has 1 heterocycles. The first-order chi connectivity index (χ1) is 11.7. The maximum absolute atomic E-state index is 12.4. The second-order valence-electron chi connectivity index (χ2n) is 5.97. The number of halogens is 3. The number of sulfonamides is 1. The fraction of sp³-hybridized carbons (Fsp3) is 0.600. The molecule has 140 valence electrons. The third-order valence-electron chi connectivity index (χ3n) is 4.17. The molecule has 1 N–H and O–H groups in total. The van der Waals surface area contributed by atoms with Gasteiger partial charge < -0.3 is 14.2 Å². The van der Waals surface area contributed by atoms with Gasteiger partial charge in [-0.25, -0.2) is 13.1 Å². The normalized spacial score (nSPS) is 27.6. The molecule has 3 unspecified atom stereocenters. The van der Waals surface area contributed by atoms with Crippen molar-refractivity contribution in [1.29, 1.82) is 0 Å². The molecule has 25 heavy (non-hydrogen) atoms. The molecule has 1 saturated heterocycles. The Balaban J connectivity index is 1.63. The van der Waals surface area contributed by atoms with Gasteiger partial charge in [0, 0.05) is 6.04 Å². The molecule has 2 fully saturated rings. The monoisotopic (exact) mass is 381 g/mol. The molecule has 1 aliphatic carbocycles. The third kappa shape index (κ3) is 4.84. The lowest BCUT2D eigenvalue weighted by molar-refractivity contribution is -0.274. The van der Waals surface area contributed by atoms with Crippen molar-refractivity contribution in [2.24, 2.45) is 0 Å². The summed E-state index contributed by atoms with van der Waals surface area (Å²) in [5, 5.41) is 0. The lowest BCUT2D eigenvalue weighted by Crippen LogP contribution is -2.49. The Kier molecular flexibility index (Phi) is 5.24. The molecule has 0 aromatic heterocycles. The van der Waals surface area contributed by atoms with Crippen LogP contribution in [0.15, 0.2) is 29.2 Å². The minimum atomic E-state index is -4.82. The predicted molar refractivity (Wildman–Crippen MR) is 80.6 cm³/mol. The van der Waals surface area contributed by atoms with Crippen LogP contribution in [0.25, 0.3) is 0 Å². The molecule has 3 atom stereocenters. The summed E-state index contributed by atoms with van der Waals surface area (Å²) < 4.78 is 78.8. The first kappa shape index (κ1) is 18.4. The Morgan fingerprint density at radius 2 is 1.68 bits per heavy atom. The van der Waals surface area contributed by atoms with Gasteiger partial charge in [0.2, 0.25) is 10.0 Å². The van der Waals surface area contributed by atoms with E-state index in [0.717, 1.165) is 24.3 Å². The minimum absolute atomic E-state index is 0.00620. The average molecular weight is 381 g/mol. The van der Waals surface area contributed by atoms with Gasteiger partial charge in [-0.05, 0) is 43.5 Å². The first-order valence-electron chi connectivity index (χ1n) is 7.84. The number of nitrogens with one attached hydrogen (secondary N) is 1. The van der Waals surface area contributed by atoms with E-state index >= 15 is 0 Å². The van der Waals surface area contributed by atoms with Gasteiger partial charge in [0.1, 0.15) is 5.75 Å².